The molecule has 2 amide bonds. The highest BCUT2D eigenvalue weighted by Crippen LogP contribution is 2.41. The van der Waals surface area contributed by atoms with Gasteiger partial charge in [-0.15, -0.1) is 11.3 Å². The molecule has 37 heavy (non-hydrogen) atoms. The van der Waals surface area contributed by atoms with Crippen molar-refractivity contribution in [2.45, 2.75) is 44.9 Å². The van der Waals surface area contributed by atoms with Gasteiger partial charge in [-0.25, -0.2) is 14.2 Å². The summed E-state index contributed by atoms with van der Waals surface area (Å²) in [6, 6.07) is 7.37. The van der Waals surface area contributed by atoms with Crippen LogP contribution < -0.4 is 10.6 Å². The van der Waals surface area contributed by atoms with Gasteiger partial charge in [0.05, 0.1) is 21.7 Å². The summed E-state index contributed by atoms with van der Waals surface area (Å²) in [7, 11) is 0. The highest BCUT2D eigenvalue weighted by molar-refractivity contribution is 7.17. The molecular weight excluding hydrogens is 510 g/mol. The number of hydrogen-bond donors (Lipinski definition) is 3. The van der Waals surface area contributed by atoms with Gasteiger partial charge in [-0.1, -0.05) is 18.6 Å². The minimum absolute atomic E-state index is 0.0716. The molecule has 4 rings (SSSR count). The Labute approximate surface area is 214 Å². The predicted molar refractivity (Wildman–Crippen MR) is 133 cm³/mol. The summed E-state index contributed by atoms with van der Waals surface area (Å²) >= 11 is 1.24. The number of benzene rings is 2. The van der Waals surface area contributed by atoms with Crippen molar-refractivity contribution in [1.29, 1.82) is 0 Å². The second-order valence-corrected chi connectivity index (χ2v) is 10.6. The number of ketones is 1. The van der Waals surface area contributed by atoms with Crippen molar-refractivity contribution in [2.24, 2.45) is 11.8 Å². The summed E-state index contributed by atoms with van der Waals surface area (Å²) in [4.78, 5) is 30.3. The number of urea groups is 1. The summed E-state index contributed by atoms with van der Waals surface area (Å²) in [5.74, 6) is -1.46. The molecule has 196 valence electrons. The Morgan fingerprint density at radius 1 is 1.05 bits per heavy atom. The van der Waals surface area contributed by atoms with Crippen LogP contribution in [0.15, 0.2) is 48.7 Å². The molecular formula is C26H25F4N3O3S. The van der Waals surface area contributed by atoms with Gasteiger partial charge in [-0.05, 0) is 68.5 Å². The molecule has 0 spiro atoms. The topological polar surface area (TPSA) is 91.3 Å². The second kappa shape index (κ2) is 10.2. The SMILES string of the molecule is CC(C)(O)C1CCCC1C(=O)c1ncc(-c2ccc(NC(=O)Nc3cc(C(F)(F)F)ccc3F)cc2)s1. The second-order valence-electron chi connectivity index (χ2n) is 9.54. The molecule has 2 aromatic carbocycles. The Morgan fingerprint density at radius 3 is 2.41 bits per heavy atom. The number of carbonyl (C=O) groups is 2. The quantitative estimate of drug-likeness (QED) is 0.235. The van der Waals surface area contributed by atoms with Crippen molar-refractivity contribution in [3.63, 3.8) is 0 Å². The third-order valence-electron chi connectivity index (χ3n) is 6.45. The van der Waals surface area contributed by atoms with Crippen LogP contribution in [0.3, 0.4) is 0 Å². The van der Waals surface area contributed by atoms with E-state index >= 15 is 0 Å². The molecule has 0 saturated heterocycles. The van der Waals surface area contributed by atoms with Gasteiger partial charge in [-0.2, -0.15) is 13.2 Å². The first-order valence-corrected chi connectivity index (χ1v) is 12.4. The maximum atomic E-state index is 13.9. The molecule has 6 nitrogen and oxygen atoms in total. The Kier molecular flexibility index (Phi) is 7.38. The van der Waals surface area contributed by atoms with E-state index in [1.807, 2.05) is 0 Å². The van der Waals surface area contributed by atoms with Gasteiger partial charge in [0.2, 0.25) is 0 Å². The van der Waals surface area contributed by atoms with Gasteiger partial charge in [-0.3, -0.25) is 4.79 Å². The Morgan fingerprint density at radius 2 is 1.76 bits per heavy atom. The van der Waals surface area contributed by atoms with Crippen LogP contribution in [0.5, 0.6) is 0 Å². The van der Waals surface area contributed by atoms with Gasteiger partial charge in [0.15, 0.2) is 10.8 Å². The number of alkyl halides is 3. The van der Waals surface area contributed by atoms with Crippen LogP contribution in [0, 0.1) is 17.7 Å². The third kappa shape index (κ3) is 6.16. The number of rotatable bonds is 6. The summed E-state index contributed by atoms with van der Waals surface area (Å²) in [6.07, 6.45) is -0.690. The molecule has 3 N–H and O–H groups in total. The monoisotopic (exact) mass is 535 g/mol. The summed E-state index contributed by atoms with van der Waals surface area (Å²) in [5, 5.41) is 15.3. The lowest BCUT2D eigenvalue weighted by Crippen LogP contribution is -2.36. The van der Waals surface area contributed by atoms with Gasteiger partial charge < -0.3 is 15.7 Å². The van der Waals surface area contributed by atoms with Crippen molar-refractivity contribution < 1.29 is 32.3 Å². The number of aliphatic hydroxyl groups is 1. The normalized spacial score (nSPS) is 18.0. The minimum Gasteiger partial charge on any atom is -0.390 e. The Bertz CT molecular complexity index is 1300. The molecule has 1 saturated carbocycles. The van der Waals surface area contributed by atoms with Crippen molar-refractivity contribution in [1.82, 2.24) is 4.98 Å². The lowest BCUT2D eigenvalue weighted by atomic mass is 9.80. The average molecular weight is 536 g/mol. The molecule has 1 aliphatic rings. The first-order valence-electron chi connectivity index (χ1n) is 11.6. The number of carbonyl (C=O) groups excluding carboxylic acids is 2. The molecule has 0 aliphatic heterocycles. The minimum atomic E-state index is -4.67. The van der Waals surface area contributed by atoms with E-state index in [9.17, 15) is 32.3 Å². The van der Waals surface area contributed by atoms with Gasteiger partial charge in [0.1, 0.15) is 5.82 Å². The predicted octanol–water partition coefficient (Wildman–Crippen LogP) is 6.98. The number of nitrogens with zero attached hydrogens (tertiary/aromatic N) is 1. The standard InChI is InChI=1S/C26H25F4N3O3S/c1-25(2,36)18-5-3-4-17(18)22(34)23-31-13-21(37-23)14-6-9-16(10-7-14)32-24(35)33-20-12-15(26(28,29)30)8-11-19(20)27/h6-13,17-18,36H,3-5H2,1-2H3,(H2,32,33,35). The Balaban J connectivity index is 1.41. The van der Waals surface area contributed by atoms with E-state index in [4.69, 9.17) is 0 Å². The highest BCUT2D eigenvalue weighted by Gasteiger charge is 2.42. The van der Waals surface area contributed by atoms with E-state index in [-0.39, 0.29) is 17.6 Å². The molecule has 1 aliphatic carbocycles. The van der Waals surface area contributed by atoms with Crippen LogP contribution in [0.1, 0.15) is 48.5 Å². The summed E-state index contributed by atoms with van der Waals surface area (Å²) < 4.78 is 52.5. The van der Waals surface area contributed by atoms with Gasteiger partial charge in [0, 0.05) is 17.8 Å². The third-order valence-corrected chi connectivity index (χ3v) is 7.51. The van der Waals surface area contributed by atoms with Gasteiger partial charge >= 0.3 is 12.2 Å². The van der Waals surface area contributed by atoms with Crippen LogP contribution in [-0.2, 0) is 6.18 Å². The molecule has 0 radical (unpaired) electrons. The maximum Gasteiger partial charge on any atom is 0.416 e. The largest absolute Gasteiger partial charge is 0.416 e. The highest BCUT2D eigenvalue weighted by atomic mass is 32.1. The average Bonchev–Trinajstić information content (AvgIpc) is 3.50. The van der Waals surface area contributed by atoms with E-state index in [1.54, 1.807) is 44.3 Å². The molecule has 2 atom stereocenters. The van der Waals surface area contributed by atoms with E-state index in [1.165, 1.54) is 11.3 Å². The lowest BCUT2D eigenvalue weighted by Gasteiger charge is -2.29. The van der Waals surface area contributed by atoms with Crippen LogP contribution in [-0.4, -0.2) is 27.5 Å². The first kappa shape index (κ1) is 26.7. The fraction of sp³-hybridized carbons (Fsp3) is 0.346. The molecule has 1 aromatic heterocycles. The smallest absolute Gasteiger partial charge is 0.390 e. The van der Waals surface area contributed by atoms with Crippen molar-refractivity contribution in [3.8, 4) is 10.4 Å². The zero-order valence-corrected chi connectivity index (χ0v) is 20.8. The number of halogens is 4. The zero-order chi connectivity index (χ0) is 27.0. The molecule has 1 fully saturated rings. The fourth-order valence-electron chi connectivity index (χ4n) is 4.60. The molecule has 1 heterocycles. The van der Waals surface area contributed by atoms with E-state index in [0.29, 0.717) is 28.9 Å². The van der Waals surface area contributed by atoms with Crippen molar-refractivity contribution in [3.05, 3.63) is 65.0 Å². The maximum absolute atomic E-state index is 13.9. The molecule has 3 aromatic rings. The van der Waals surface area contributed by atoms with Crippen LogP contribution in [0.2, 0.25) is 0 Å². The molecule has 2 unspecified atom stereocenters. The van der Waals surface area contributed by atoms with E-state index < -0.39 is 34.9 Å². The molecule has 0 bridgehead atoms. The summed E-state index contributed by atoms with van der Waals surface area (Å²) in [5.41, 5.74) is -1.55. The van der Waals surface area contributed by atoms with Gasteiger partial charge in [0.25, 0.3) is 0 Å². The van der Waals surface area contributed by atoms with E-state index in [2.05, 4.69) is 15.6 Å². The Hall–Kier alpha value is -3.31. The number of aromatic nitrogens is 1. The number of nitrogens with one attached hydrogen (secondary N) is 2. The number of Topliss-reactive ketones (excluding diaryl/α,β-unsaturated/α-hetero) is 1. The van der Waals surface area contributed by atoms with Crippen molar-refractivity contribution >= 4 is 34.5 Å². The zero-order valence-electron chi connectivity index (χ0n) is 20.0. The fourth-order valence-corrected chi connectivity index (χ4v) is 5.52. The summed E-state index contributed by atoms with van der Waals surface area (Å²) in [6.45, 7) is 3.45. The number of amides is 2. The van der Waals surface area contributed by atoms with Crippen LogP contribution in [0.4, 0.5) is 33.7 Å². The first-order chi connectivity index (χ1) is 17.3. The van der Waals surface area contributed by atoms with Crippen molar-refractivity contribution in [2.75, 3.05) is 10.6 Å². The molecule has 11 heteroatoms. The number of thiazole rings is 1. The lowest BCUT2D eigenvalue weighted by molar-refractivity contribution is -0.137. The van der Waals surface area contributed by atoms with E-state index in [0.717, 1.165) is 29.7 Å². The van der Waals surface area contributed by atoms with Crippen LogP contribution >= 0.6 is 11.3 Å². The number of hydrogen-bond acceptors (Lipinski definition) is 5. The number of anilines is 2. The van der Waals surface area contributed by atoms with Crippen LogP contribution in [0.25, 0.3) is 10.4 Å².